The largest absolute Gasteiger partial charge is 0.320 e. The molecule has 0 aromatic carbocycles. The van der Waals surface area contributed by atoms with Gasteiger partial charge in [0.15, 0.2) is 0 Å². The Morgan fingerprint density at radius 2 is 2.39 bits per heavy atom. The quantitative estimate of drug-likeness (QED) is 0.878. The molecule has 1 atom stereocenters. The molecule has 1 amide bonds. The number of nitrogens with zero attached hydrogens (tertiary/aromatic N) is 2. The minimum absolute atomic E-state index is 0.0677. The van der Waals surface area contributed by atoms with Gasteiger partial charge in [0.05, 0.1) is 6.54 Å². The highest BCUT2D eigenvalue weighted by Gasteiger charge is 2.31. The van der Waals surface area contributed by atoms with E-state index >= 15 is 0 Å². The van der Waals surface area contributed by atoms with Gasteiger partial charge >= 0.3 is 0 Å². The van der Waals surface area contributed by atoms with Crippen LogP contribution in [0.3, 0.4) is 0 Å². The van der Waals surface area contributed by atoms with Crippen LogP contribution in [-0.4, -0.2) is 48.4 Å². The Balaban J connectivity index is 1.98. The standard InChI is InChI=1S/C13H21N3OS/c1-10(2)15(3)6-7-16-12(17)9-14-13(16)11-5-4-8-18-11/h4-5,8,10,13-14H,6-7,9H2,1-3H3. The van der Waals surface area contributed by atoms with Gasteiger partial charge in [0, 0.05) is 24.0 Å². The summed E-state index contributed by atoms with van der Waals surface area (Å²) in [5, 5.41) is 5.33. The molecule has 18 heavy (non-hydrogen) atoms. The molecule has 0 bridgehead atoms. The molecule has 1 fully saturated rings. The first kappa shape index (κ1) is 13.5. The molecule has 100 valence electrons. The van der Waals surface area contributed by atoms with Gasteiger partial charge in [-0.25, -0.2) is 0 Å². The smallest absolute Gasteiger partial charge is 0.238 e. The number of thiophene rings is 1. The van der Waals surface area contributed by atoms with Gasteiger partial charge in [-0.15, -0.1) is 11.3 Å². The molecule has 1 aliphatic rings. The Bertz CT molecular complexity index is 391. The number of rotatable bonds is 5. The summed E-state index contributed by atoms with van der Waals surface area (Å²) < 4.78 is 0. The average Bonchev–Trinajstić information content (AvgIpc) is 2.95. The molecule has 1 aromatic rings. The van der Waals surface area contributed by atoms with Gasteiger partial charge < -0.3 is 9.80 Å². The summed E-state index contributed by atoms with van der Waals surface area (Å²) in [6.07, 6.45) is 0.0677. The van der Waals surface area contributed by atoms with Crippen molar-refractivity contribution >= 4 is 17.2 Å². The van der Waals surface area contributed by atoms with Crippen molar-refractivity contribution in [3.05, 3.63) is 22.4 Å². The predicted octanol–water partition coefficient (Wildman–Crippen LogP) is 1.52. The lowest BCUT2D eigenvalue weighted by molar-refractivity contribution is -0.128. The van der Waals surface area contributed by atoms with Crippen LogP contribution in [0.4, 0.5) is 0 Å². The molecule has 0 radical (unpaired) electrons. The lowest BCUT2D eigenvalue weighted by Gasteiger charge is -2.28. The van der Waals surface area contributed by atoms with Crippen LogP contribution in [0.25, 0.3) is 0 Å². The molecular weight excluding hydrogens is 246 g/mol. The summed E-state index contributed by atoms with van der Waals surface area (Å²) in [5.74, 6) is 0.200. The fourth-order valence-corrected chi connectivity index (χ4v) is 2.83. The molecule has 5 heteroatoms. The topological polar surface area (TPSA) is 35.6 Å². The van der Waals surface area contributed by atoms with Crippen molar-refractivity contribution in [1.82, 2.24) is 15.1 Å². The van der Waals surface area contributed by atoms with Crippen LogP contribution in [0.5, 0.6) is 0 Å². The Hall–Kier alpha value is -0.910. The normalized spacial score (nSPS) is 20.4. The maximum atomic E-state index is 11.9. The third-order valence-electron chi connectivity index (χ3n) is 3.47. The first-order chi connectivity index (χ1) is 8.59. The van der Waals surface area contributed by atoms with Crippen molar-refractivity contribution in [2.75, 3.05) is 26.7 Å². The van der Waals surface area contributed by atoms with Crippen molar-refractivity contribution in [1.29, 1.82) is 0 Å². The Morgan fingerprint density at radius 3 is 3.00 bits per heavy atom. The second-order valence-electron chi connectivity index (χ2n) is 4.96. The van der Waals surface area contributed by atoms with E-state index in [1.807, 2.05) is 11.0 Å². The van der Waals surface area contributed by atoms with Crippen molar-refractivity contribution < 1.29 is 4.79 Å². The number of amides is 1. The van der Waals surface area contributed by atoms with Gasteiger partial charge in [0.1, 0.15) is 6.17 Å². The lowest BCUT2D eigenvalue weighted by Crippen LogP contribution is -2.38. The molecule has 1 unspecified atom stereocenters. The van der Waals surface area contributed by atoms with Gasteiger partial charge in [0.25, 0.3) is 0 Å². The molecule has 1 aliphatic heterocycles. The molecule has 0 spiro atoms. The minimum Gasteiger partial charge on any atom is -0.320 e. The molecule has 2 heterocycles. The van der Waals surface area contributed by atoms with E-state index in [2.05, 4.69) is 42.6 Å². The second kappa shape index (κ2) is 5.82. The van der Waals surface area contributed by atoms with Gasteiger partial charge in [0.2, 0.25) is 5.91 Å². The van der Waals surface area contributed by atoms with Gasteiger partial charge in [-0.3, -0.25) is 10.1 Å². The monoisotopic (exact) mass is 267 g/mol. The summed E-state index contributed by atoms with van der Waals surface area (Å²) >= 11 is 1.70. The molecule has 1 aromatic heterocycles. The Labute approximate surface area is 113 Å². The van der Waals surface area contributed by atoms with Gasteiger partial charge in [-0.05, 0) is 32.3 Å². The highest BCUT2D eigenvalue weighted by molar-refractivity contribution is 7.10. The van der Waals surface area contributed by atoms with Gasteiger partial charge in [-0.2, -0.15) is 0 Å². The predicted molar refractivity (Wildman–Crippen MR) is 74.5 cm³/mol. The first-order valence-electron chi connectivity index (χ1n) is 6.36. The molecule has 4 nitrogen and oxygen atoms in total. The number of carbonyl (C=O) groups is 1. The van der Waals surface area contributed by atoms with Crippen LogP contribution in [0.15, 0.2) is 17.5 Å². The van der Waals surface area contributed by atoms with Crippen LogP contribution in [0.2, 0.25) is 0 Å². The van der Waals surface area contributed by atoms with Crippen LogP contribution < -0.4 is 5.32 Å². The summed E-state index contributed by atoms with van der Waals surface area (Å²) in [5.41, 5.74) is 0. The number of carbonyl (C=O) groups excluding carboxylic acids is 1. The molecule has 0 saturated carbocycles. The average molecular weight is 267 g/mol. The maximum absolute atomic E-state index is 11.9. The second-order valence-corrected chi connectivity index (χ2v) is 5.94. The third kappa shape index (κ3) is 2.91. The third-order valence-corrected chi connectivity index (χ3v) is 4.39. The highest BCUT2D eigenvalue weighted by Crippen LogP contribution is 2.25. The van der Waals surface area contributed by atoms with Crippen LogP contribution >= 0.6 is 11.3 Å². The van der Waals surface area contributed by atoms with Gasteiger partial charge in [-0.1, -0.05) is 6.07 Å². The van der Waals surface area contributed by atoms with E-state index in [0.717, 1.165) is 13.1 Å². The zero-order valence-electron chi connectivity index (χ0n) is 11.2. The number of likely N-dealkylation sites (N-methyl/N-ethyl adjacent to an activating group) is 1. The fourth-order valence-electron chi connectivity index (χ4n) is 2.02. The molecule has 0 aliphatic carbocycles. The van der Waals surface area contributed by atoms with Crippen LogP contribution in [-0.2, 0) is 4.79 Å². The van der Waals surface area contributed by atoms with E-state index in [-0.39, 0.29) is 12.1 Å². The maximum Gasteiger partial charge on any atom is 0.238 e. The number of hydrogen-bond donors (Lipinski definition) is 1. The van der Waals surface area contributed by atoms with Crippen molar-refractivity contribution in [2.24, 2.45) is 0 Å². The zero-order valence-corrected chi connectivity index (χ0v) is 12.0. The van der Waals surface area contributed by atoms with Crippen LogP contribution in [0, 0.1) is 0 Å². The lowest BCUT2D eigenvalue weighted by atomic mass is 10.3. The van der Waals surface area contributed by atoms with E-state index < -0.39 is 0 Å². The molecule has 1 N–H and O–H groups in total. The Kier molecular flexibility index (Phi) is 4.37. The summed E-state index contributed by atoms with van der Waals surface area (Å²) in [4.78, 5) is 17.3. The molecular formula is C13H21N3OS. The molecule has 1 saturated heterocycles. The Morgan fingerprint density at radius 1 is 1.61 bits per heavy atom. The van der Waals surface area contributed by atoms with Crippen LogP contribution in [0.1, 0.15) is 24.9 Å². The summed E-state index contributed by atoms with van der Waals surface area (Å²) in [6.45, 7) is 6.48. The molecule has 2 rings (SSSR count). The van der Waals surface area contributed by atoms with Crippen molar-refractivity contribution in [2.45, 2.75) is 26.1 Å². The van der Waals surface area contributed by atoms with E-state index in [1.54, 1.807) is 11.3 Å². The SMILES string of the molecule is CC(C)N(C)CCN1C(=O)CNC1c1cccs1. The van der Waals surface area contributed by atoms with E-state index in [1.165, 1.54) is 4.88 Å². The van der Waals surface area contributed by atoms with E-state index in [4.69, 9.17) is 0 Å². The van der Waals surface area contributed by atoms with Crippen molar-refractivity contribution in [3.63, 3.8) is 0 Å². The van der Waals surface area contributed by atoms with E-state index in [0.29, 0.717) is 12.6 Å². The first-order valence-corrected chi connectivity index (χ1v) is 7.24. The summed E-state index contributed by atoms with van der Waals surface area (Å²) in [7, 11) is 2.10. The van der Waals surface area contributed by atoms with E-state index in [9.17, 15) is 4.79 Å². The zero-order chi connectivity index (χ0) is 13.1. The highest BCUT2D eigenvalue weighted by atomic mass is 32.1. The number of nitrogens with one attached hydrogen (secondary N) is 1. The number of hydrogen-bond acceptors (Lipinski definition) is 4. The summed E-state index contributed by atoms with van der Waals surface area (Å²) in [6, 6.07) is 4.62. The fraction of sp³-hybridized carbons (Fsp3) is 0.615. The minimum atomic E-state index is 0.0677. The van der Waals surface area contributed by atoms with Crippen molar-refractivity contribution in [3.8, 4) is 0 Å².